The molecular weight excluding hydrogens is 360 g/mol. The zero-order valence-electron chi connectivity index (χ0n) is 16.2. The van der Waals surface area contributed by atoms with Crippen molar-refractivity contribution in [2.75, 3.05) is 13.7 Å². The first-order chi connectivity index (χ1) is 13.4. The van der Waals surface area contributed by atoms with Gasteiger partial charge in [0.25, 0.3) is 5.91 Å². The third-order valence-electron chi connectivity index (χ3n) is 5.19. The Bertz CT molecular complexity index is 1110. The molecule has 28 heavy (non-hydrogen) atoms. The van der Waals surface area contributed by atoms with Crippen LogP contribution in [-0.4, -0.2) is 29.6 Å². The molecule has 1 aliphatic carbocycles. The van der Waals surface area contributed by atoms with E-state index in [0.717, 1.165) is 47.0 Å². The highest BCUT2D eigenvalue weighted by atomic mass is 16.5. The van der Waals surface area contributed by atoms with E-state index >= 15 is 0 Å². The lowest BCUT2D eigenvalue weighted by molar-refractivity contribution is -0.132. The molecule has 0 bridgehead atoms. The third kappa shape index (κ3) is 3.28. The van der Waals surface area contributed by atoms with Gasteiger partial charge in [-0.2, -0.15) is 0 Å². The average Bonchev–Trinajstić information content (AvgIpc) is 3.31. The van der Waals surface area contributed by atoms with Crippen LogP contribution in [0, 0.1) is 13.8 Å². The largest absolute Gasteiger partial charge is 0.483 e. The van der Waals surface area contributed by atoms with Gasteiger partial charge >= 0.3 is 5.63 Å². The molecule has 0 N–H and O–H groups in total. The summed E-state index contributed by atoms with van der Waals surface area (Å²) < 4.78 is 16.4. The van der Waals surface area contributed by atoms with Crippen molar-refractivity contribution in [3.05, 3.63) is 56.8 Å². The maximum atomic E-state index is 12.4. The van der Waals surface area contributed by atoms with Crippen LogP contribution in [-0.2, 0) is 24.2 Å². The molecule has 0 unspecified atom stereocenters. The summed E-state index contributed by atoms with van der Waals surface area (Å²) in [5.41, 5.74) is 3.65. The van der Waals surface area contributed by atoms with Crippen LogP contribution in [0.25, 0.3) is 11.0 Å². The van der Waals surface area contributed by atoms with Crippen molar-refractivity contribution in [1.29, 1.82) is 0 Å². The monoisotopic (exact) mass is 382 g/mol. The number of carbonyl (C=O) groups excluding carboxylic acids is 1. The molecule has 1 aliphatic rings. The topological polar surface area (TPSA) is 85.8 Å². The maximum Gasteiger partial charge on any atom is 0.339 e. The number of carbonyl (C=O) groups is 1. The zero-order chi connectivity index (χ0) is 19.8. The van der Waals surface area contributed by atoms with E-state index in [1.807, 2.05) is 26.0 Å². The maximum absolute atomic E-state index is 12.4. The van der Waals surface area contributed by atoms with Gasteiger partial charge in [-0.3, -0.25) is 4.79 Å². The van der Waals surface area contributed by atoms with Gasteiger partial charge in [0.2, 0.25) is 0 Å². The molecule has 7 nitrogen and oxygen atoms in total. The van der Waals surface area contributed by atoms with Gasteiger partial charge in [-0.1, -0.05) is 5.16 Å². The Kier molecular flexibility index (Phi) is 4.66. The summed E-state index contributed by atoms with van der Waals surface area (Å²) in [4.78, 5) is 26.1. The van der Waals surface area contributed by atoms with Crippen LogP contribution < -0.4 is 10.4 Å². The predicted molar refractivity (Wildman–Crippen MR) is 102 cm³/mol. The van der Waals surface area contributed by atoms with Crippen molar-refractivity contribution in [2.45, 2.75) is 39.7 Å². The Morgan fingerprint density at radius 2 is 2.04 bits per heavy atom. The fraction of sp³-hybridized carbons (Fsp3) is 0.381. The first kappa shape index (κ1) is 18.3. The van der Waals surface area contributed by atoms with E-state index in [2.05, 4.69) is 5.16 Å². The highest BCUT2D eigenvalue weighted by Crippen LogP contribution is 2.33. The molecule has 1 aromatic carbocycles. The van der Waals surface area contributed by atoms with Crippen molar-refractivity contribution >= 4 is 16.9 Å². The number of rotatable bonds is 5. The smallest absolute Gasteiger partial charge is 0.339 e. The summed E-state index contributed by atoms with van der Waals surface area (Å²) in [5.74, 6) is 0.959. The van der Waals surface area contributed by atoms with Gasteiger partial charge in [0, 0.05) is 29.6 Å². The van der Waals surface area contributed by atoms with Crippen LogP contribution in [0.5, 0.6) is 5.75 Å². The van der Waals surface area contributed by atoms with Crippen LogP contribution in [0.4, 0.5) is 0 Å². The molecule has 146 valence electrons. The number of hydrogen-bond acceptors (Lipinski definition) is 6. The minimum atomic E-state index is -0.265. The molecule has 7 heteroatoms. The molecule has 2 heterocycles. The fourth-order valence-electron chi connectivity index (χ4n) is 3.68. The SMILES string of the molecule is Cc1cc(CN(C)C(=O)COc2ccc3c4c(c(=O)oc3c2C)CCC4)on1. The molecule has 0 fully saturated rings. The number of aromatic nitrogens is 1. The van der Waals surface area contributed by atoms with Crippen LogP contribution >= 0.6 is 0 Å². The molecule has 1 amide bonds. The van der Waals surface area contributed by atoms with Crippen LogP contribution in [0.1, 0.15) is 34.6 Å². The fourth-order valence-corrected chi connectivity index (χ4v) is 3.68. The van der Waals surface area contributed by atoms with E-state index in [1.54, 1.807) is 13.1 Å². The number of aryl methyl sites for hydroxylation is 3. The van der Waals surface area contributed by atoms with Crippen LogP contribution in [0.2, 0.25) is 0 Å². The number of hydrogen-bond donors (Lipinski definition) is 0. The molecule has 0 saturated carbocycles. The van der Waals surface area contributed by atoms with Crippen molar-refractivity contribution in [3.8, 4) is 5.75 Å². The van der Waals surface area contributed by atoms with E-state index in [9.17, 15) is 9.59 Å². The lowest BCUT2D eigenvalue weighted by atomic mass is 10.0. The van der Waals surface area contributed by atoms with E-state index in [-0.39, 0.29) is 18.1 Å². The summed E-state index contributed by atoms with van der Waals surface area (Å²) in [5, 5.41) is 4.77. The van der Waals surface area contributed by atoms with Crippen molar-refractivity contribution < 1.29 is 18.5 Å². The molecule has 2 aromatic heterocycles. The van der Waals surface area contributed by atoms with Gasteiger partial charge in [0.15, 0.2) is 12.4 Å². The van der Waals surface area contributed by atoms with Crippen LogP contribution in [0.3, 0.4) is 0 Å². The van der Waals surface area contributed by atoms with Gasteiger partial charge in [0.1, 0.15) is 11.3 Å². The Balaban J connectivity index is 1.50. The molecule has 0 saturated heterocycles. The van der Waals surface area contributed by atoms with E-state index in [4.69, 9.17) is 13.7 Å². The summed E-state index contributed by atoms with van der Waals surface area (Å²) in [6.45, 7) is 3.87. The number of amides is 1. The summed E-state index contributed by atoms with van der Waals surface area (Å²) >= 11 is 0. The second-order valence-electron chi connectivity index (χ2n) is 7.24. The van der Waals surface area contributed by atoms with Crippen molar-refractivity contribution in [3.63, 3.8) is 0 Å². The lowest BCUT2D eigenvalue weighted by Crippen LogP contribution is -2.30. The number of likely N-dealkylation sites (N-methyl/N-ethyl adjacent to an activating group) is 1. The molecule has 0 aliphatic heterocycles. The quantitative estimate of drug-likeness (QED) is 0.631. The number of benzene rings is 1. The molecule has 0 atom stereocenters. The highest BCUT2D eigenvalue weighted by molar-refractivity contribution is 5.86. The number of ether oxygens (including phenoxy) is 1. The molecular formula is C21H22N2O5. The number of nitrogens with zero attached hydrogens (tertiary/aromatic N) is 2. The molecule has 3 aromatic rings. The molecule has 4 rings (SSSR count). The van der Waals surface area contributed by atoms with Gasteiger partial charge in [-0.15, -0.1) is 0 Å². The number of fused-ring (bicyclic) bond motifs is 3. The standard InChI is InChI=1S/C21H22N2O5/c1-12-9-14(28-22-12)10-23(3)19(24)11-26-18-8-7-16-15-5-4-6-17(15)21(25)27-20(16)13(18)2/h7-9H,4-6,10-11H2,1-3H3. The summed E-state index contributed by atoms with van der Waals surface area (Å²) in [6.07, 6.45) is 2.64. The first-order valence-electron chi connectivity index (χ1n) is 9.31. The van der Waals surface area contributed by atoms with Crippen LogP contribution in [0.15, 0.2) is 31.9 Å². The lowest BCUT2D eigenvalue weighted by Gasteiger charge is -2.17. The Labute approximate surface area is 161 Å². The predicted octanol–water partition coefficient (Wildman–Crippen LogP) is 2.92. The minimum absolute atomic E-state index is 0.120. The summed E-state index contributed by atoms with van der Waals surface area (Å²) in [6, 6.07) is 5.54. The normalized spacial score (nSPS) is 13.0. The molecule has 0 spiro atoms. The van der Waals surface area contributed by atoms with Crippen molar-refractivity contribution in [2.24, 2.45) is 0 Å². The highest BCUT2D eigenvalue weighted by Gasteiger charge is 2.21. The van der Waals surface area contributed by atoms with Gasteiger partial charge in [-0.05, 0) is 50.8 Å². The second kappa shape index (κ2) is 7.14. The van der Waals surface area contributed by atoms with E-state index in [0.29, 0.717) is 23.6 Å². The van der Waals surface area contributed by atoms with Gasteiger partial charge < -0.3 is 18.6 Å². The average molecular weight is 382 g/mol. The second-order valence-corrected chi connectivity index (χ2v) is 7.24. The molecule has 0 radical (unpaired) electrons. The zero-order valence-corrected chi connectivity index (χ0v) is 16.2. The Hall–Kier alpha value is -3.09. The Morgan fingerprint density at radius 1 is 1.25 bits per heavy atom. The summed E-state index contributed by atoms with van der Waals surface area (Å²) in [7, 11) is 1.68. The van der Waals surface area contributed by atoms with Gasteiger partial charge in [0.05, 0.1) is 12.2 Å². The Morgan fingerprint density at radius 3 is 2.79 bits per heavy atom. The first-order valence-corrected chi connectivity index (χ1v) is 9.31. The van der Waals surface area contributed by atoms with Crippen molar-refractivity contribution in [1.82, 2.24) is 10.1 Å². The third-order valence-corrected chi connectivity index (χ3v) is 5.19. The van der Waals surface area contributed by atoms with E-state index in [1.165, 1.54) is 4.90 Å². The van der Waals surface area contributed by atoms with Gasteiger partial charge in [-0.25, -0.2) is 4.79 Å². The minimum Gasteiger partial charge on any atom is -0.483 e. The van der Waals surface area contributed by atoms with E-state index < -0.39 is 0 Å².